The lowest BCUT2D eigenvalue weighted by atomic mass is 10.4. The van der Waals surface area contributed by atoms with Crippen molar-refractivity contribution in [2.45, 2.75) is 13.2 Å². The van der Waals surface area contributed by atoms with Gasteiger partial charge in [-0.05, 0) is 12.1 Å². The van der Waals surface area contributed by atoms with Crippen LogP contribution in [0, 0.1) is 0 Å². The van der Waals surface area contributed by atoms with Crippen LogP contribution in [0.4, 0.5) is 0 Å². The van der Waals surface area contributed by atoms with Crippen LogP contribution in [0.25, 0.3) is 0 Å². The first-order valence-electron chi connectivity index (χ1n) is 11.9. The standard InChI is InChI=1S/C30H26O3P2S2/c36-34(27-13-5-1-6-14-27,28-15-7-2-8-16-28)31-23-25-21-22-26(33-25)24-32-35(37,29-17-9-3-10-18-29)30-19-11-4-12-20-30/h1-22H,23-24H2. The predicted molar refractivity (Wildman–Crippen MR) is 161 cm³/mol. The van der Waals surface area contributed by atoms with E-state index in [4.69, 9.17) is 37.1 Å². The van der Waals surface area contributed by atoms with Crippen molar-refractivity contribution >= 4 is 57.4 Å². The van der Waals surface area contributed by atoms with Gasteiger partial charge in [-0.15, -0.1) is 0 Å². The Morgan fingerprint density at radius 3 is 0.973 bits per heavy atom. The fourth-order valence-corrected chi connectivity index (χ4v) is 9.83. The molecule has 3 nitrogen and oxygen atoms in total. The molecule has 0 aliphatic carbocycles. The van der Waals surface area contributed by atoms with Crippen LogP contribution in [0.5, 0.6) is 0 Å². The number of hydrogen-bond acceptors (Lipinski definition) is 5. The third-order valence-corrected chi connectivity index (χ3v) is 13.9. The highest BCUT2D eigenvalue weighted by Crippen LogP contribution is 2.47. The van der Waals surface area contributed by atoms with Crippen molar-refractivity contribution in [1.82, 2.24) is 0 Å². The van der Waals surface area contributed by atoms with Gasteiger partial charge in [0.05, 0.1) is 0 Å². The van der Waals surface area contributed by atoms with Crippen molar-refractivity contribution in [2.75, 3.05) is 0 Å². The Morgan fingerprint density at radius 1 is 0.432 bits per heavy atom. The molecule has 0 aliphatic heterocycles. The highest BCUT2D eigenvalue weighted by Gasteiger charge is 2.25. The molecule has 0 atom stereocenters. The molecular formula is C30H26O3P2S2. The van der Waals surface area contributed by atoms with E-state index in [-0.39, 0.29) is 13.2 Å². The fraction of sp³-hybridized carbons (Fsp3) is 0.0667. The number of rotatable bonds is 10. The molecule has 0 amide bonds. The summed E-state index contributed by atoms with van der Waals surface area (Å²) < 4.78 is 19.0. The summed E-state index contributed by atoms with van der Waals surface area (Å²) in [6.07, 6.45) is -4.94. The molecule has 0 saturated heterocycles. The highest BCUT2D eigenvalue weighted by atomic mass is 32.4. The van der Waals surface area contributed by atoms with Crippen LogP contribution in [0.2, 0.25) is 0 Å². The lowest BCUT2D eigenvalue weighted by molar-refractivity contribution is 0.265. The molecule has 0 radical (unpaired) electrons. The van der Waals surface area contributed by atoms with Crippen molar-refractivity contribution in [3.63, 3.8) is 0 Å². The molecule has 0 aliphatic rings. The Kier molecular flexibility index (Phi) is 8.32. The summed E-state index contributed by atoms with van der Waals surface area (Å²) in [5.74, 6) is 1.40. The van der Waals surface area contributed by atoms with E-state index in [9.17, 15) is 0 Å². The van der Waals surface area contributed by atoms with Crippen molar-refractivity contribution in [3.05, 3.63) is 145 Å². The maximum atomic E-state index is 6.46. The Labute approximate surface area is 228 Å². The molecular weight excluding hydrogens is 534 g/mol. The molecule has 5 rings (SSSR count). The fourth-order valence-electron chi connectivity index (χ4n) is 3.98. The number of hydrogen-bond donors (Lipinski definition) is 0. The Bertz CT molecular complexity index is 1320. The van der Waals surface area contributed by atoms with E-state index in [1.165, 1.54) is 0 Å². The Balaban J connectivity index is 1.33. The van der Waals surface area contributed by atoms with Gasteiger partial charge in [-0.2, -0.15) is 0 Å². The molecule has 0 bridgehead atoms. The van der Waals surface area contributed by atoms with Crippen LogP contribution in [0.3, 0.4) is 0 Å². The third kappa shape index (κ3) is 5.94. The van der Waals surface area contributed by atoms with Crippen LogP contribution < -0.4 is 21.2 Å². The third-order valence-electron chi connectivity index (χ3n) is 5.88. The normalized spacial score (nSPS) is 11.9. The molecule has 37 heavy (non-hydrogen) atoms. The minimum absolute atomic E-state index is 0.270. The first-order chi connectivity index (χ1) is 18.1. The van der Waals surface area contributed by atoms with Crippen molar-refractivity contribution in [1.29, 1.82) is 0 Å². The minimum Gasteiger partial charge on any atom is -0.461 e. The molecule has 7 heteroatoms. The van der Waals surface area contributed by atoms with Gasteiger partial charge in [-0.3, -0.25) is 0 Å². The second kappa shape index (κ2) is 11.8. The zero-order valence-electron chi connectivity index (χ0n) is 20.1. The second-order valence-electron chi connectivity index (χ2n) is 8.36. The summed E-state index contributed by atoms with van der Waals surface area (Å²) in [6, 6.07) is 44.0. The van der Waals surface area contributed by atoms with Gasteiger partial charge in [0.25, 0.3) is 0 Å². The topological polar surface area (TPSA) is 31.6 Å². The molecule has 0 unspecified atom stereocenters. The number of furan rings is 1. The quantitative estimate of drug-likeness (QED) is 0.185. The molecule has 5 aromatic rings. The minimum atomic E-state index is -2.47. The molecule has 186 valence electrons. The van der Waals surface area contributed by atoms with Crippen LogP contribution in [0.1, 0.15) is 11.5 Å². The average molecular weight is 561 g/mol. The largest absolute Gasteiger partial charge is 0.461 e. The maximum Gasteiger partial charge on any atom is 0.130 e. The first kappa shape index (κ1) is 26.0. The van der Waals surface area contributed by atoms with Gasteiger partial charge in [0, 0.05) is 21.2 Å². The van der Waals surface area contributed by atoms with Crippen LogP contribution in [0.15, 0.2) is 138 Å². The summed E-state index contributed by atoms with van der Waals surface area (Å²) >= 11 is 12.3. The van der Waals surface area contributed by atoms with E-state index >= 15 is 0 Å². The summed E-state index contributed by atoms with van der Waals surface area (Å²) in [5.41, 5.74) is 0. The van der Waals surface area contributed by atoms with Gasteiger partial charge in [-0.1, -0.05) is 145 Å². The molecule has 1 heterocycles. The van der Waals surface area contributed by atoms with Crippen molar-refractivity contribution in [2.24, 2.45) is 0 Å². The highest BCUT2D eigenvalue weighted by molar-refractivity contribution is 8.19. The summed E-state index contributed by atoms with van der Waals surface area (Å²) in [6.45, 7) is 0.541. The first-order valence-corrected chi connectivity index (χ1v) is 17.3. The molecule has 0 N–H and O–H groups in total. The van der Waals surface area contributed by atoms with E-state index in [1.54, 1.807) is 0 Å². The summed E-state index contributed by atoms with van der Waals surface area (Å²) in [7, 11) is 0. The summed E-state index contributed by atoms with van der Waals surface area (Å²) in [4.78, 5) is 0. The lowest BCUT2D eigenvalue weighted by Gasteiger charge is -2.23. The second-order valence-corrected chi connectivity index (χ2v) is 16.2. The van der Waals surface area contributed by atoms with E-state index in [1.807, 2.05) is 133 Å². The Morgan fingerprint density at radius 2 is 0.703 bits per heavy atom. The zero-order valence-corrected chi connectivity index (χ0v) is 23.5. The van der Waals surface area contributed by atoms with Gasteiger partial charge in [-0.25, -0.2) is 0 Å². The van der Waals surface area contributed by atoms with Crippen molar-refractivity contribution < 1.29 is 13.5 Å². The van der Waals surface area contributed by atoms with Crippen LogP contribution in [-0.2, 0) is 45.9 Å². The van der Waals surface area contributed by atoms with Gasteiger partial charge >= 0.3 is 0 Å². The molecule has 4 aromatic carbocycles. The molecule has 0 saturated carbocycles. The SMILES string of the molecule is S=P(OCc1ccc(COP(=S)(c2ccccc2)c2ccccc2)o1)(c1ccccc1)c1ccccc1. The van der Waals surface area contributed by atoms with Gasteiger partial charge in [0.15, 0.2) is 0 Å². The monoisotopic (exact) mass is 560 g/mol. The smallest absolute Gasteiger partial charge is 0.130 e. The van der Waals surface area contributed by atoms with E-state index < -0.39 is 12.5 Å². The predicted octanol–water partition coefficient (Wildman–Crippen LogP) is 6.40. The zero-order chi connectivity index (χ0) is 25.6. The van der Waals surface area contributed by atoms with Gasteiger partial charge < -0.3 is 13.5 Å². The average Bonchev–Trinajstić information content (AvgIpc) is 3.44. The van der Waals surface area contributed by atoms with E-state index in [0.29, 0.717) is 11.5 Å². The van der Waals surface area contributed by atoms with E-state index in [2.05, 4.69) is 0 Å². The number of benzene rings is 4. The molecule has 0 spiro atoms. The van der Waals surface area contributed by atoms with Crippen molar-refractivity contribution in [3.8, 4) is 0 Å². The summed E-state index contributed by atoms with van der Waals surface area (Å²) in [5, 5.41) is 4.05. The molecule has 0 fully saturated rings. The maximum absolute atomic E-state index is 6.46. The van der Waals surface area contributed by atoms with Crippen LogP contribution in [-0.4, -0.2) is 0 Å². The van der Waals surface area contributed by atoms with E-state index in [0.717, 1.165) is 21.2 Å². The lowest BCUT2D eigenvalue weighted by Crippen LogP contribution is -2.17. The van der Waals surface area contributed by atoms with Gasteiger partial charge in [0.1, 0.15) is 37.3 Å². The Hall–Kier alpha value is -2.62. The van der Waals surface area contributed by atoms with Crippen LogP contribution >= 0.6 is 12.5 Å². The van der Waals surface area contributed by atoms with Gasteiger partial charge in [0.2, 0.25) is 0 Å². The molecule has 1 aromatic heterocycles.